The molecular weight excluding hydrogens is 396 g/mol. The van der Waals surface area contributed by atoms with E-state index in [9.17, 15) is 0 Å². The topological polar surface area (TPSA) is 25.8 Å². The molecule has 2 nitrogen and oxygen atoms in total. The second-order valence-electron chi connectivity index (χ2n) is 8.19. The molecule has 0 N–H and O–H groups in total. The Balaban J connectivity index is 1.85. The van der Waals surface area contributed by atoms with Crippen LogP contribution in [-0.2, 0) is 6.04 Å². The van der Waals surface area contributed by atoms with Crippen molar-refractivity contribution in [3.05, 3.63) is 45.9 Å². The third-order valence-corrected chi connectivity index (χ3v) is 13.4. The van der Waals surface area contributed by atoms with E-state index in [4.69, 9.17) is 9.97 Å². The normalized spacial score (nSPS) is 15.4. The molecule has 1 aromatic carbocycles. The quantitative estimate of drug-likeness (QED) is 0.428. The first kappa shape index (κ1) is 20.0. The Labute approximate surface area is 178 Å². The summed E-state index contributed by atoms with van der Waals surface area (Å²) in [5, 5.41) is 5.33. The van der Waals surface area contributed by atoms with Crippen molar-refractivity contribution in [2.45, 2.75) is 65.5 Å². The molecule has 0 aliphatic carbocycles. The smallest absolute Gasteiger partial charge is 0.173 e. The lowest BCUT2D eigenvalue weighted by molar-refractivity contribution is 0.486. The van der Waals surface area contributed by atoms with Crippen LogP contribution < -0.4 is 10.6 Å². The highest BCUT2D eigenvalue weighted by molar-refractivity contribution is 7.28. The van der Waals surface area contributed by atoms with E-state index in [1.807, 2.05) is 22.7 Å². The molecule has 1 aliphatic heterocycles. The molecule has 0 spiro atoms. The van der Waals surface area contributed by atoms with Gasteiger partial charge in [-0.15, -0.1) is 22.7 Å². The van der Waals surface area contributed by atoms with Crippen molar-refractivity contribution in [2.75, 3.05) is 0 Å². The highest BCUT2D eigenvalue weighted by Crippen LogP contribution is 2.41. The molecule has 0 bridgehead atoms. The Morgan fingerprint density at radius 2 is 1.54 bits per heavy atom. The first-order valence-corrected chi connectivity index (χ1v) is 14.6. The summed E-state index contributed by atoms with van der Waals surface area (Å²) in [6.45, 7) is 9.03. The molecule has 0 amide bonds. The summed E-state index contributed by atoms with van der Waals surface area (Å²) in [5.41, 5.74) is 1.45. The van der Waals surface area contributed by atoms with Gasteiger partial charge in [-0.2, -0.15) is 0 Å². The van der Waals surface area contributed by atoms with Gasteiger partial charge >= 0.3 is 0 Å². The van der Waals surface area contributed by atoms with Gasteiger partial charge in [0.2, 0.25) is 0 Å². The summed E-state index contributed by atoms with van der Waals surface area (Å²) in [6, 6.07) is 13.5. The van der Waals surface area contributed by atoms with Gasteiger partial charge < -0.3 is 0 Å². The third kappa shape index (κ3) is 3.53. The third-order valence-electron chi connectivity index (χ3n) is 6.11. The molecule has 0 radical (unpaired) electrons. The van der Waals surface area contributed by atoms with Crippen molar-refractivity contribution in [1.82, 2.24) is 9.97 Å². The number of nitrogens with zero attached hydrogens (tertiary/aromatic N) is 2. The Bertz CT molecular complexity index is 899. The molecule has 0 saturated carbocycles. The summed E-state index contributed by atoms with van der Waals surface area (Å²) in [7, 11) is -2.01. The molecule has 4 rings (SSSR count). The lowest BCUT2D eigenvalue weighted by atomic mass is 10.0. The van der Waals surface area contributed by atoms with E-state index in [-0.39, 0.29) is 0 Å². The molecule has 3 heterocycles. The minimum atomic E-state index is -2.01. The summed E-state index contributed by atoms with van der Waals surface area (Å²) in [4.78, 5) is 13.2. The minimum Gasteiger partial charge on any atom is -0.250 e. The standard InChI is InChI=1S/C23H30N2S2Si/c1-5-7-11-18(6-2)14-28(15-19-12-9-8-10-13-19)22-20(26-16(3)24-22)21-23(28)25-17(4)27-21/h8-10,12-13,18H,5-7,11,14-15H2,1-4H3. The van der Waals surface area contributed by atoms with E-state index in [2.05, 4.69) is 58.0 Å². The second-order valence-corrected chi connectivity index (χ2v) is 14.5. The summed E-state index contributed by atoms with van der Waals surface area (Å²) >= 11 is 3.78. The summed E-state index contributed by atoms with van der Waals surface area (Å²) < 4.78 is 0. The number of unbranched alkanes of at least 4 members (excludes halogenated alkanes) is 1. The highest BCUT2D eigenvalue weighted by atomic mass is 32.1. The van der Waals surface area contributed by atoms with E-state index < -0.39 is 8.07 Å². The minimum absolute atomic E-state index is 0.776. The van der Waals surface area contributed by atoms with Crippen molar-refractivity contribution in [3.8, 4) is 9.75 Å². The fourth-order valence-electron chi connectivity index (χ4n) is 4.74. The maximum Gasteiger partial charge on any atom is 0.173 e. The van der Waals surface area contributed by atoms with Crippen molar-refractivity contribution in [3.63, 3.8) is 0 Å². The largest absolute Gasteiger partial charge is 0.250 e. The van der Waals surface area contributed by atoms with Crippen LogP contribution >= 0.6 is 22.7 Å². The predicted molar refractivity (Wildman–Crippen MR) is 126 cm³/mol. The fourth-order valence-corrected chi connectivity index (χ4v) is 13.7. The lowest BCUT2D eigenvalue weighted by Gasteiger charge is -2.30. The van der Waals surface area contributed by atoms with Crippen molar-refractivity contribution < 1.29 is 0 Å². The van der Waals surface area contributed by atoms with Gasteiger partial charge in [0.05, 0.1) is 30.4 Å². The van der Waals surface area contributed by atoms with Crippen molar-refractivity contribution in [1.29, 1.82) is 0 Å². The van der Waals surface area contributed by atoms with E-state index >= 15 is 0 Å². The Morgan fingerprint density at radius 3 is 2.07 bits per heavy atom. The van der Waals surface area contributed by atoms with Gasteiger partial charge in [0.1, 0.15) is 0 Å². The number of hydrogen-bond acceptors (Lipinski definition) is 4. The Kier molecular flexibility index (Phi) is 5.86. The number of aromatic nitrogens is 2. The molecule has 148 valence electrons. The molecule has 2 aromatic heterocycles. The zero-order valence-electron chi connectivity index (χ0n) is 17.4. The first-order valence-electron chi connectivity index (χ1n) is 10.6. The Morgan fingerprint density at radius 1 is 0.929 bits per heavy atom. The van der Waals surface area contributed by atoms with Crippen LogP contribution in [0.5, 0.6) is 0 Å². The van der Waals surface area contributed by atoms with Crippen molar-refractivity contribution in [2.24, 2.45) is 5.92 Å². The Hall–Kier alpha value is -1.30. The monoisotopic (exact) mass is 426 g/mol. The van der Waals surface area contributed by atoms with Gasteiger partial charge in [0.25, 0.3) is 0 Å². The zero-order valence-corrected chi connectivity index (χ0v) is 20.1. The van der Waals surface area contributed by atoms with Crippen LogP contribution in [-0.4, -0.2) is 18.0 Å². The van der Waals surface area contributed by atoms with Crippen molar-refractivity contribution >= 4 is 41.4 Å². The van der Waals surface area contributed by atoms with Gasteiger partial charge in [-0.3, -0.25) is 9.97 Å². The van der Waals surface area contributed by atoms with Crippen LogP contribution in [0.3, 0.4) is 0 Å². The number of benzene rings is 1. The average Bonchev–Trinajstić information content (AvgIpc) is 3.32. The average molecular weight is 427 g/mol. The van der Waals surface area contributed by atoms with E-state index in [0.717, 1.165) is 12.0 Å². The van der Waals surface area contributed by atoms with Crippen LogP contribution in [0.25, 0.3) is 9.75 Å². The molecule has 0 saturated heterocycles. The summed E-state index contributed by atoms with van der Waals surface area (Å²) in [6.07, 6.45) is 5.22. The zero-order chi connectivity index (χ0) is 19.7. The number of hydrogen-bond donors (Lipinski definition) is 0. The van der Waals surface area contributed by atoms with Crippen LogP contribution in [0.4, 0.5) is 0 Å². The molecular formula is C23H30N2S2Si. The number of thiazole rings is 2. The molecule has 28 heavy (non-hydrogen) atoms. The molecule has 0 fully saturated rings. The van der Waals surface area contributed by atoms with Crippen LogP contribution in [0.15, 0.2) is 30.3 Å². The van der Waals surface area contributed by atoms with Crippen LogP contribution in [0.1, 0.15) is 55.1 Å². The summed E-state index contributed by atoms with van der Waals surface area (Å²) in [5.74, 6) is 0.776. The van der Waals surface area contributed by atoms with E-state index in [0.29, 0.717) is 0 Å². The van der Waals surface area contributed by atoms with Gasteiger partial charge in [-0.25, -0.2) is 0 Å². The maximum absolute atomic E-state index is 5.17. The lowest BCUT2D eigenvalue weighted by Crippen LogP contribution is -2.60. The predicted octanol–water partition coefficient (Wildman–Crippen LogP) is 5.76. The molecule has 5 heteroatoms. The van der Waals surface area contributed by atoms with Gasteiger partial charge in [-0.1, -0.05) is 69.9 Å². The highest BCUT2D eigenvalue weighted by Gasteiger charge is 2.51. The molecule has 3 aromatic rings. The number of aryl methyl sites for hydroxylation is 2. The fraction of sp³-hybridized carbons (Fsp3) is 0.478. The van der Waals surface area contributed by atoms with E-state index in [1.165, 1.54) is 67.7 Å². The van der Waals surface area contributed by atoms with E-state index in [1.54, 1.807) is 0 Å². The van der Waals surface area contributed by atoms with Gasteiger partial charge in [0.15, 0.2) is 8.07 Å². The van der Waals surface area contributed by atoms with Gasteiger partial charge in [0, 0.05) is 0 Å². The molecule has 1 atom stereocenters. The SMILES string of the molecule is CCCCC(CC)C[Si]1(Cc2ccccc2)c2nc(C)sc2-c2sc(C)nc21. The number of rotatable bonds is 8. The maximum atomic E-state index is 5.17. The molecule has 1 aliphatic rings. The second kappa shape index (κ2) is 8.21. The number of fused-ring (bicyclic) bond motifs is 3. The first-order chi connectivity index (χ1) is 13.6. The van der Waals surface area contributed by atoms with Crippen LogP contribution in [0.2, 0.25) is 6.04 Å². The van der Waals surface area contributed by atoms with Crippen LogP contribution in [0, 0.1) is 19.8 Å². The molecule has 1 unspecified atom stereocenters. The van der Waals surface area contributed by atoms with Gasteiger partial charge in [-0.05, 0) is 37.4 Å².